The molecule has 0 N–H and O–H groups in total. The first-order valence-electron chi connectivity index (χ1n) is 17.8. The molecule has 4 heterocycles. The molecule has 0 spiro atoms. The second-order valence-corrected chi connectivity index (χ2v) is 16.0. The van der Waals surface area contributed by atoms with Gasteiger partial charge in [0.1, 0.15) is 0 Å². The van der Waals surface area contributed by atoms with Crippen molar-refractivity contribution in [3.63, 3.8) is 0 Å². The molecule has 0 amide bonds. The zero-order valence-electron chi connectivity index (χ0n) is 29.3. The van der Waals surface area contributed by atoms with Crippen LogP contribution in [0.4, 0.5) is 11.4 Å². The fourth-order valence-corrected chi connectivity index (χ4v) is 9.02. The van der Waals surface area contributed by atoms with Crippen LogP contribution in [0, 0.1) is 27.7 Å². The van der Waals surface area contributed by atoms with Gasteiger partial charge >= 0.3 is 0 Å². The van der Waals surface area contributed by atoms with E-state index in [0.717, 1.165) is 24.6 Å². The summed E-state index contributed by atoms with van der Waals surface area (Å²) in [6, 6.07) is 27.3. The maximum absolute atomic E-state index is 2.49. The Balaban J connectivity index is 0.939. The van der Waals surface area contributed by atoms with Crippen LogP contribution in [0.2, 0.25) is 0 Å². The van der Waals surface area contributed by atoms with E-state index in [1.54, 1.807) is 0 Å². The van der Waals surface area contributed by atoms with Gasteiger partial charge in [-0.25, -0.2) is 0 Å². The lowest BCUT2D eigenvalue weighted by Gasteiger charge is -2.17. The lowest BCUT2D eigenvalue weighted by Crippen LogP contribution is -2.41. The summed E-state index contributed by atoms with van der Waals surface area (Å²) in [7, 11) is 3.97. The third kappa shape index (κ3) is 9.15. The van der Waals surface area contributed by atoms with Crippen molar-refractivity contribution in [3.05, 3.63) is 118 Å². The average molecular weight is 677 g/mol. The molecule has 2 aromatic heterocycles. The van der Waals surface area contributed by atoms with Gasteiger partial charge in [-0.1, -0.05) is 70.2 Å². The lowest BCUT2D eigenvalue weighted by molar-refractivity contribution is -0.704. The molecule has 2 aromatic carbocycles. The number of hydrogen-bond donors (Lipinski definition) is 0. The summed E-state index contributed by atoms with van der Waals surface area (Å²) in [6.45, 7) is 15.8. The molecular formula is C42H52N4S2+2. The van der Waals surface area contributed by atoms with Gasteiger partial charge in [0.2, 0.25) is 0 Å². The molecule has 0 saturated carbocycles. The van der Waals surface area contributed by atoms with Crippen LogP contribution in [0.15, 0.2) is 72.8 Å². The maximum atomic E-state index is 2.49. The third-order valence-corrected chi connectivity index (χ3v) is 12.1. The van der Waals surface area contributed by atoms with Crippen LogP contribution < -0.4 is 18.9 Å². The van der Waals surface area contributed by atoms with Crippen LogP contribution in [0.3, 0.4) is 0 Å². The monoisotopic (exact) mass is 676 g/mol. The highest BCUT2D eigenvalue weighted by molar-refractivity contribution is 8.76. The highest BCUT2D eigenvalue weighted by Crippen LogP contribution is 2.24. The molecule has 4 aromatic rings. The topological polar surface area (TPSA) is 14.2 Å². The zero-order chi connectivity index (χ0) is 33.3. The van der Waals surface area contributed by atoms with Crippen molar-refractivity contribution in [1.29, 1.82) is 0 Å². The van der Waals surface area contributed by atoms with E-state index in [-0.39, 0.29) is 0 Å². The lowest BCUT2D eigenvalue weighted by atomic mass is 10.1. The van der Waals surface area contributed by atoms with Crippen LogP contribution in [-0.2, 0) is 13.1 Å². The molecule has 2 saturated heterocycles. The number of rotatable bonds is 13. The molecule has 2 aliphatic heterocycles. The molecule has 250 valence electrons. The van der Waals surface area contributed by atoms with Crippen LogP contribution >= 0.6 is 21.6 Å². The summed E-state index contributed by atoms with van der Waals surface area (Å²) < 4.78 is 4.90. The molecule has 48 heavy (non-hydrogen) atoms. The van der Waals surface area contributed by atoms with Gasteiger partial charge in [-0.3, -0.25) is 0 Å². The minimum atomic E-state index is 1.03. The first-order valence-corrected chi connectivity index (χ1v) is 20.2. The van der Waals surface area contributed by atoms with Gasteiger partial charge in [0.15, 0.2) is 35.9 Å². The van der Waals surface area contributed by atoms with E-state index in [4.69, 9.17) is 0 Å². The van der Waals surface area contributed by atoms with Crippen LogP contribution in [0.1, 0.15) is 70.7 Å². The Bertz CT molecular complexity index is 1540. The number of aryl methyl sites for hydroxylation is 4. The van der Waals surface area contributed by atoms with E-state index in [1.165, 1.54) is 108 Å². The van der Waals surface area contributed by atoms with E-state index >= 15 is 0 Å². The van der Waals surface area contributed by atoms with E-state index < -0.39 is 0 Å². The van der Waals surface area contributed by atoms with Crippen LogP contribution in [0.25, 0.3) is 24.3 Å². The number of hydrogen-bond acceptors (Lipinski definition) is 4. The van der Waals surface area contributed by atoms with E-state index in [9.17, 15) is 0 Å². The van der Waals surface area contributed by atoms with Crippen molar-refractivity contribution in [1.82, 2.24) is 0 Å². The Morgan fingerprint density at radius 1 is 0.479 bits per heavy atom. The predicted molar refractivity (Wildman–Crippen MR) is 211 cm³/mol. The fraction of sp³-hybridized carbons (Fsp3) is 0.381. The highest BCUT2D eigenvalue weighted by atomic mass is 33.1. The van der Waals surface area contributed by atoms with Gasteiger partial charge in [0.25, 0.3) is 0 Å². The Labute approximate surface area is 297 Å². The molecular weight excluding hydrogens is 625 g/mol. The summed E-state index contributed by atoms with van der Waals surface area (Å²) in [5, 5.41) is 0. The minimum Gasteiger partial charge on any atom is -0.372 e. The van der Waals surface area contributed by atoms with Crippen molar-refractivity contribution in [3.8, 4) is 0 Å². The molecule has 0 bridgehead atoms. The maximum Gasteiger partial charge on any atom is 0.179 e. The Hall–Kier alpha value is -3.48. The SMILES string of the molecule is Cc1cc(/C=C/c2ccc(N3CCCC3)cc2)cc(C)[n+]1CCSSCC[n+]1c(C)cc(/C=C/c2ccc(N3CCCC3)cc2)cc1C. The molecule has 2 fully saturated rings. The standard InChI is InChI=1S/C42H52N4S2/c1-33-29-39(11-9-37-13-17-41(18-14-37)43-21-5-6-22-43)30-34(2)45(33)25-27-47-48-28-26-46-35(3)31-40(32-36(46)4)12-10-38-15-19-42(20-16-38)44-23-7-8-24-44/h9-20,29-32H,5-8,21-28H2,1-4H3/q+2. The van der Waals surface area contributed by atoms with E-state index in [0.29, 0.717) is 0 Å². The summed E-state index contributed by atoms with van der Waals surface area (Å²) in [5.41, 5.74) is 13.0. The number of benzene rings is 2. The van der Waals surface area contributed by atoms with Crippen molar-refractivity contribution in [2.45, 2.75) is 66.5 Å². The fourth-order valence-electron chi connectivity index (χ4n) is 7.12. The summed E-state index contributed by atoms with van der Waals surface area (Å²) in [5.74, 6) is 2.20. The van der Waals surface area contributed by atoms with E-state index in [1.807, 2.05) is 21.6 Å². The molecule has 2 aliphatic rings. The Morgan fingerprint density at radius 2 is 0.792 bits per heavy atom. The van der Waals surface area contributed by atoms with Crippen molar-refractivity contribution < 1.29 is 9.13 Å². The normalized spacial score (nSPS) is 15.1. The Kier molecular flexibility index (Phi) is 12.0. The summed E-state index contributed by atoms with van der Waals surface area (Å²) in [4.78, 5) is 4.97. The summed E-state index contributed by atoms with van der Waals surface area (Å²) >= 11 is 0. The number of aromatic nitrogens is 2. The quantitative estimate of drug-likeness (QED) is 0.0797. The van der Waals surface area contributed by atoms with Gasteiger partial charge in [0, 0.05) is 89.5 Å². The van der Waals surface area contributed by atoms with E-state index in [2.05, 4.69) is 144 Å². The first-order chi connectivity index (χ1) is 23.4. The molecule has 4 nitrogen and oxygen atoms in total. The zero-order valence-corrected chi connectivity index (χ0v) is 31.0. The van der Waals surface area contributed by atoms with Crippen LogP contribution in [0.5, 0.6) is 0 Å². The molecule has 6 rings (SSSR count). The smallest absolute Gasteiger partial charge is 0.179 e. The molecule has 0 atom stereocenters. The van der Waals surface area contributed by atoms with Crippen molar-refractivity contribution >= 4 is 57.3 Å². The average Bonchev–Trinajstić information content (AvgIpc) is 3.83. The predicted octanol–water partition coefficient (Wildman–Crippen LogP) is 9.12. The van der Waals surface area contributed by atoms with Crippen molar-refractivity contribution in [2.75, 3.05) is 47.5 Å². The summed E-state index contributed by atoms with van der Waals surface area (Å²) in [6.07, 6.45) is 14.2. The molecule has 6 heteroatoms. The largest absolute Gasteiger partial charge is 0.372 e. The Morgan fingerprint density at radius 3 is 1.12 bits per heavy atom. The number of nitrogens with zero attached hydrogens (tertiary/aromatic N) is 4. The van der Waals surface area contributed by atoms with Gasteiger partial charge in [-0.2, -0.15) is 9.13 Å². The number of anilines is 2. The first kappa shape index (κ1) is 34.4. The second-order valence-electron chi connectivity index (χ2n) is 13.3. The van der Waals surface area contributed by atoms with Gasteiger partial charge in [-0.15, -0.1) is 0 Å². The highest BCUT2D eigenvalue weighted by Gasteiger charge is 2.15. The van der Waals surface area contributed by atoms with Gasteiger partial charge in [0.05, 0.1) is 11.5 Å². The molecule has 0 aliphatic carbocycles. The number of pyridine rings is 2. The van der Waals surface area contributed by atoms with Gasteiger partial charge in [-0.05, 0) is 72.2 Å². The van der Waals surface area contributed by atoms with Gasteiger partial charge < -0.3 is 9.80 Å². The minimum absolute atomic E-state index is 1.03. The van der Waals surface area contributed by atoms with Crippen LogP contribution in [-0.4, -0.2) is 37.7 Å². The molecule has 0 radical (unpaired) electrons. The second kappa shape index (κ2) is 16.8. The van der Waals surface area contributed by atoms with Crippen molar-refractivity contribution in [2.24, 2.45) is 0 Å². The third-order valence-electron chi connectivity index (χ3n) is 9.75. The molecule has 0 unspecified atom stereocenters.